The van der Waals surface area contributed by atoms with Crippen LogP contribution in [0.25, 0.3) is 0 Å². The third-order valence-corrected chi connectivity index (χ3v) is 5.95. The number of hydrogen-bond donors (Lipinski definition) is 2. The van der Waals surface area contributed by atoms with Crippen molar-refractivity contribution < 1.29 is 32.5 Å². The number of halogens is 3. The lowest BCUT2D eigenvalue weighted by atomic mass is 9.96. The third kappa shape index (κ3) is 4.32. The predicted molar refractivity (Wildman–Crippen MR) is 97.9 cm³/mol. The largest absolute Gasteiger partial charge is 0.573 e. The zero-order valence-electron chi connectivity index (χ0n) is 15.7. The molecular formula is C21H22F3NO4. The topological polar surface area (TPSA) is 79.6 Å². The van der Waals surface area contributed by atoms with E-state index in [4.69, 9.17) is 10.1 Å². The Morgan fingerprint density at radius 2 is 1.93 bits per heavy atom. The molecule has 0 aromatic heterocycles. The van der Waals surface area contributed by atoms with Crippen LogP contribution in [0.1, 0.15) is 37.7 Å². The smallest absolute Gasteiger partial charge is 0.512 e. The zero-order valence-corrected chi connectivity index (χ0v) is 15.7. The van der Waals surface area contributed by atoms with E-state index in [1.165, 1.54) is 18.2 Å². The van der Waals surface area contributed by atoms with Gasteiger partial charge in [-0.1, -0.05) is 12.1 Å². The highest BCUT2D eigenvalue weighted by Crippen LogP contribution is 2.44. The molecule has 5 nitrogen and oxygen atoms in total. The van der Waals surface area contributed by atoms with Crippen LogP contribution in [0.3, 0.4) is 0 Å². The second-order valence-corrected chi connectivity index (χ2v) is 8.01. The molecule has 0 spiro atoms. The first kappa shape index (κ1) is 19.9. The van der Waals surface area contributed by atoms with Gasteiger partial charge in [0.2, 0.25) is 0 Å². The Balaban J connectivity index is 1.55. The van der Waals surface area contributed by atoms with Gasteiger partial charge >= 0.3 is 6.36 Å². The van der Waals surface area contributed by atoms with Crippen molar-refractivity contribution >= 4 is 11.5 Å². The number of Topliss-reactive ketones (excluding diaryl/α,β-unsaturated/α-hetero) is 1. The number of benzene rings is 1. The summed E-state index contributed by atoms with van der Waals surface area (Å²) in [6, 6.07) is 5.41. The van der Waals surface area contributed by atoms with Crippen molar-refractivity contribution in [2.75, 3.05) is 6.61 Å². The number of ether oxygens (including phenoxy) is 2. The van der Waals surface area contributed by atoms with Crippen molar-refractivity contribution in [1.82, 2.24) is 0 Å². The fourth-order valence-electron chi connectivity index (χ4n) is 4.31. The molecule has 1 aromatic rings. The van der Waals surface area contributed by atoms with Gasteiger partial charge in [0.1, 0.15) is 17.3 Å². The normalized spacial score (nSPS) is 27.1. The van der Waals surface area contributed by atoms with E-state index in [-0.39, 0.29) is 58.9 Å². The molecule has 3 aliphatic rings. The summed E-state index contributed by atoms with van der Waals surface area (Å²) in [5.74, 6) is -0.155. The summed E-state index contributed by atoms with van der Waals surface area (Å²) >= 11 is 0. The minimum Gasteiger partial charge on any atom is -0.512 e. The van der Waals surface area contributed by atoms with Crippen LogP contribution in [0.4, 0.5) is 13.2 Å². The molecule has 3 saturated carbocycles. The first-order valence-corrected chi connectivity index (χ1v) is 9.73. The number of rotatable bonds is 7. The van der Waals surface area contributed by atoms with E-state index in [9.17, 15) is 23.1 Å². The molecule has 3 atom stereocenters. The first-order chi connectivity index (χ1) is 13.7. The molecule has 2 N–H and O–H groups in total. The molecule has 0 amide bonds. The molecule has 2 bridgehead atoms. The average molecular weight is 409 g/mol. The van der Waals surface area contributed by atoms with E-state index in [2.05, 4.69) is 4.74 Å². The Morgan fingerprint density at radius 1 is 1.21 bits per heavy atom. The van der Waals surface area contributed by atoms with Crippen LogP contribution in [0.15, 0.2) is 35.6 Å². The standard InChI is InChI=1S/C21H22F3NO4/c22-21(23,24)29-17-4-2-1-3-14(17)19(25)15(20(27)11-5-6-11)10-28-18-9-12-7-13(18)8-16(12)26/h1-4,11-13,18,25,27H,5-10H2/b20-15-,25-19?/t12?,13?,18-/m0/s1. The van der Waals surface area contributed by atoms with Gasteiger partial charge in [-0.2, -0.15) is 0 Å². The van der Waals surface area contributed by atoms with Gasteiger partial charge in [0.15, 0.2) is 0 Å². The van der Waals surface area contributed by atoms with E-state index in [1.54, 1.807) is 0 Å². The van der Waals surface area contributed by atoms with Crippen LogP contribution in [-0.4, -0.2) is 35.7 Å². The molecule has 8 heteroatoms. The summed E-state index contributed by atoms with van der Waals surface area (Å²) in [5.41, 5.74) is -0.118. The Morgan fingerprint density at radius 3 is 2.52 bits per heavy atom. The zero-order chi connectivity index (χ0) is 20.8. The Labute approximate surface area is 166 Å². The SMILES string of the molecule is N=C(/C(CO[C@H]1CC2CC1CC2=O)=C(\O)C1CC1)c1ccccc1OC(F)(F)F. The number of aliphatic hydroxyl groups is 1. The number of fused-ring (bicyclic) bond motifs is 2. The molecule has 29 heavy (non-hydrogen) atoms. The molecule has 156 valence electrons. The molecule has 3 aliphatic carbocycles. The molecule has 0 heterocycles. The van der Waals surface area contributed by atoms with Crippen LogP contribution in [0.2, 0.25) is 0 Å². The van der Waals surface area contributed by atoms with E-state index >= 15 is 0 Å². The number of aliphatic hydroxyl groups excluding tert-OH is 1. The maximum atomic E-state index is 12.7. The molecule has 4 rings (SSSR count). The fourth-order valence-corrected chi connectivity index (χ4v) is 4.31. The lowest BCUT2D eigenvalue weighted by molar-refractivity contribution is -0.274. The van der Waals surface area contributed by atoms with E-state index in [1.807, 2.05) is 0 Å². The molecule has 2 unspecified atom stereocenters. The Kier molecular flexibility index (Phi) is 5.14. The van der Waals surface area contributed by atoms with Crippen molar-refractivity contribution in [1.29, 1.82) is 5.41 Å². The fraction of sp³-hybridized carbons (Fsp3) is 0.524. The monoisotopic (exact) mass is 409 g/mol. The Hall–Kier alpha value is -2.35. The lowest BCUT2D eigenvalue weighted by Gasteiger charge is -2.23. The van der Waals surface area contributed by atoms with Crippen molar-refractivity contribution in [2.45, 2.75) is 44.6 Å². The van der Waals surface area contributed by atoms with Gasteiger partial charge in [0.25, 0.3) is 0 Å². The lowest BCUT2D eigenvalue weighted by Crippen LogP contribution is -2.27. The van der Waals surface area contributed by atoms with Crippen molar-refractivity contribution in [2.24, 2.45) is 17.8 Å². The summed E-state index contributed by atoms with van der Waals surface area (Å²) < 4.78 is 48.3. The number of carbonyl (C=O) groups is 1. The molecular weight excluding hydrogens is 387 g/mol. The molecule has 3 fully saturated rings. The first-order valence-electron chi connectivity index (χ1n) is 9.73. The summed E-state index contributed by atoms with van der Waals surface area (Å²) in [7, 11) is 0. The van der Waals surface area contributed by atoms with Gasteiger partial charge in [0.05, 0.1) is 18.4 Å². The van der Waals surface area contributed by atoms with E-state index in [0.717, 1.165) is 25.3 Å². The van der Waals surface area contributed by atoms with Gasteiger partial charge in [-0.15, -0.1) is 13.2 Å². The van der Waals surface area contributed by atoms with Crippen molar-refractivity contribution in [3.05, 3.63) is 41.2 Å². The van der Waals surface area contributed by atoms with Crippen LogP contribution in [-0.2, 0) is 9.53 Å². The van der Waals surface area contributed by atoms with Gasteiger partial charge in [-0.25, -0.2) is 0 Å². The highest BCUT2D eigenvalue weighted by molar-refractivity contribution is 6.12. The minimum atomic E-state index is -4.88. The average Bonchev–Trinajstić information content (AvgIpc) is 3.34. The molecule has 0 saturated heterocycles. The molecule has 0 radical (unpaired) electrons. The van der Waals surface area contributed by atoms with Crippen molar-refractivity contribution in [3.63, 3.8) is 0 Å². The number of hydrogen-bond acceptors (Lipinski definition) is 5. The quantitative estimate of drug-likeness (QED) is 0.511. The highest BCUT2D eigenvalue weighted by atomic mass is 19.4. The molecule has 1 aromatic carbocycles. The van der Waals surface area contributed by atoms with E-state index in [0.29, 0.717) is 12.8 Å². The number of ketones is 1. The number of alkyl halides is 3. The van der Waals surface area contributed by atoms with Crippen molar-refractivity contribution in [3.8, 4) is 5.75 Å². The van der Waals surface area contributed by atoms with E-state index < -0.39 is 12.1 Å². The number of nitrogens with one attached hydrogen (secondary N) is 1. The highest BCUT2D eigenvalue weighted by Gasteiger charge is 2.46. The van der Waals surface area contributed by atoms with Gasteiger partial charge in [-0.3, -0.25) is 10.2 Å². The van der Waals surface area contributed by atoms with Crippen LogP contribution in [0, 0.1) is 23.2 Å². The summed E-state index contributed by atoms with van der Waals surface area (Å²) in [6.07, 6.45) is -1.56. The van der Waals surface area contributed by atoms with Gasteiger partial charge in [0, 0.05) is 29.4 Å². The number of allylic oxidation sites excluding steroid dienone is 1. The maximum Gasteiger partial charge on any atom is 0.573 e. The summed E-state index contributed by atoms with van der Waals surface area (Å²) in [5, 5.41) is 19.1. The second kappa shape index (κ2) is 7.48. The van der Waals surface area contributed by atoms with Gasteiger partial charge in [-0.05, 0) is 43.7 Å². The number of carbonyl (C=O) groups excluding carboxylic acids is 1. The number of para-hydroxylation sites is 1. The second-order valence-electron chi connectivity index (χ2n) is 8.01. The van der Waals surface area contributed by atoms with Crippen LogP contribution in [0.5, 0.6) is 5.75 Å². The minimum absolute atomic E-state index is 0.00366. The Bertz CT molecular complexity index is 860. The van der Waals surface area contributed by atoms with Crippen LogP contribution >= 0.6 is 0 Å². The summed E-state index contributed by atoms with van der Waals surface area (Å²) in [6.45, 7) is -0.0798. The third-order valence-electron chi connectivity index (χ3n) is 5.95. The predicted octanol–water partition coefficient (Wildman–Crippen LogP) is 4.56. The summed E-state index contributed by atoms with van der Waals surface area (Å²) in [4.78, 5) is 11.7. The molecule has 0 aliphatic heterocycles. The van der Waals surface area contributed by atoms with Gasteiger partial charge < -0.3 is 14.6 Å². The maximum absolute atomic E-state index is 12.7. The van der Waals surface area contributed by atoms with Crippen LogP contribution < -0.4 is 4.74 Å².